The molecule has 0 amide bonds. The van der Waals surface area contributed by atoms with Gasteiger partial charge in [0.1, 0.15) is 0 Å². The molecule has 20 aromatic rings. The molecule has 3 aromatic carbocycles. The van der Waals surface area contributed by atoms with Gasteiger partial charge in [-0.05, 0) is 255 Å². The fourth-order valence-electron chi connectivity index (χ4n) is 13.2. The van der Waals surface area contributed by atoms with Crippen molar-refractivity contribution in [2.75, 3.05) is 0 Å². The summed E-state index contributed by atoms with van der Waals surface area (Å²) in [6, 6.07) is 87.1. The number of benzene rings is 3. The molecule has 17 heterocycles. The molecule has 17 aromatic heterocycles. The van der Waals surface area contributed by atoms with Crippen molar-refractivity contribution in [3.8, 4) is 79.7 Å². The SMILES string of the molecule is Cc1ccnc(-c2cc(Cc3cc(-c4cc(C)ccn4)nc(-c4ccc5ccc6cccnc6c5n4)c3)ccn2)c1.Cc1ccnc(-c2cc(Cc3ccnc(-c4cc(C)ccn4)c3)ccn2)c1.[CH3-].[Ru+].[Ru].[Ru].c1ccc(-c2ccccn2)nc1.c1ccncc1.c1cnc2c(c1)ccc1ccc(-c3ccc4ccc5cccnc5c4n3)nc12. The van der Waals surface area contributed by atoms with Crippen molar-refractivity contribution >= 4 is 65.4 Å². The van der Waals surface area contributed by atoms with Gasteiger partial charge in [0, 0.05) is 158 Å². The van der Waals surface area contributed by atoms with Crippen LogP contribution in [0.4, 0.5) is 0 Å². The van der Waals surface area contributed by atoms with Gasteiger partial charge < -0.3 is 7.43 Å². The number of hydrogen-bond acceptors (Lipinski definition) is 17. The van der Waals surface area contributed by atoms with Crippen LogP contribution in [-0.4, -0.2) is 84.7 Å². The topological polar surface area (TPSA) is 219 Å². The first kappa shape index (κ1) is 84.0. The Kier molecular flexibility index (Phi) is 28.7. The van der Waals surface area contributed by atoms with Gasteiger partial charge in [0.2, 0.25) is 0 Å². The Labute approximate surface area is 722 Å². The predicted octanol–water partition coefficient (Wildman–Crippen LogP) is 21.6. The molecule has 0 saturated carbocycles. The van der Waals surface area contributed by atoms with E-state index in [1.54, 1.807) is 24.8 Å². The minimum atomic E-state index is 0. The van der Waals surface area contributed by atoms with Crippen molar-refractivity contribution in [2.24, 2.45) is 0 Å². The van der Waals surface area contributed by atoms with E-state index >= 15 is 0 Å². The standard InChI is InChI=1S/C35H26N6.C24H14N4.C23H20N4.C10H8N2.C5H5N.CH3.3Ru/c1-22-9-13-36-29(16-22)31-19-24(11-15-38-31)18-25-20-32(40-33(21-25)30-17-23(2)10-14-37-30)28-8-7-27-6-5-26-4-3-12-39-34(26)35(27)41-28;1-3-15-5-7-17-9-11-19(27-23(17)21(15)25-13-1)20-12-10-18-8-6-16-4-2-14-26-22(16)24(18)28-20;1-16-3-7-24-20(11-16)22-14-18(5-9-26-22)13-19-6-10-27-23(15-19)21-12-17(2)4-8-25-21;1-3-7-11-9(5-1)10-6-2-4-8-12-10;1-2-4-6-5-3-1;;;;/h3-17,19-21H,18H2,1-2H3;1-14H;3-12,14-15H,13H2,1-2H3;1-8H;1-5H;1H3;;;/q;;;;;-1;;;+1. The number of aryl methyl sites for hydroxylation is 4. The number of fused-ring (bicyclic) bond motifs is 9. The Morgan fingerprint density at radius 3 is 0.763 bits per heavy atom. The van der Waals surface area contributed by atoms with Gasteiger partial charge in [0.25, 0.3) is 0 Å². The summed E-state index contributed by atoms with van der Waals surface area (Å²) < 4.78 is 0. The number of aromatic nitrogens is 17. The fraction of sp³-hybridized carbons (Fsp3) is 0.0612. The smallest absolute Gasteiger partial charge is 0.358 e. The van der Waals surface area contributed by atoms with Crippen LogP contribution in [0, 0.1) is 35.1 Å². The van der Waals surface area contributed by atoms with E-state index in [-0.39, 0.29) is 65.9 Å². The molecule has 0 unspecified atom stereocenters. The quantitative estimate of drug-likeness (QED) is 0.0667. The summed E-state index contributed by atoms with van der Waals surface area (Å²) in [4.78, 5) is 77.4. The second kappa shape index (κ2) is 40.3. The number of rotatable bonds is 11. The van der Waals surface area contributed by atoms with Gasteiger partial charge in [-0.2, -0.15) is 0 Å². The summed E-state index contributed by atoms with van der Waals surface area (Å²) in [5.74, 6) is 0. The first-order valence-corrected chi connectivity index (χ1v) is 37.3. The van der Waals surface area contributed by atoms with Crippen molar-refractivity contribution in [1.29, 1.82) is 0 Å². The Hall–Kier alpha value is -13.4. The summed E-state index contributed by atoms with van der Waals surface area (Å²) >= 11 is 0. The number of nitrogens with zero attached hydrogens (tertiary/aromatic N) is 17. The minimum Gasteiger partial charge on any atom is -0.358 e. The molecule has 0 aliphatic carbocycles. The van der Waals surface area contributed by atoms with E-state index in [0.29, 0.717) is 6.42 Å². The maximum absolute atomic E-state index is 5.07. The van der Waals surface area contributed by atoms with Gasteiger partial charge in [-0.3, -0.25) is 64.8 Å². The van der Waals surface area contributed by atoms with E-state index in [4.69, 9.17) is 19.9 Å². The molecule has 118 heavy (non-hydrogen) atoms. The maximum Gasteiger partial charge on any atom is 1.00 e. The van der Waals surface area contributed by atoms with E-state index in [0.717, 1.165) is 174 Å². The van der Waals surface area contributed by atoms with E-state index in [2.05, 4.69) is 226 Å². The molecule has 0 fully saturated rings. The zero-order valence-electron chi connectivity index (χ0n) is 65.0. The third-order valence-corrected chi connectivity index (χ3v) is 18.9. The Morgan fingerprint density at radius 2 is 0.449 bits per heavy atom. The number of hydrogen-bond donors (Lipinski definition) is 0. The molecule has 0 saturated heterocycles. The van der Waals surface area contributed by atoms with Crippen LogP contribution in [0.3, 0.4) is 0 Å². The second-order valence-corrected chi connectivity index (χ2v) is 27.3. The molecule has 577 valence electrons. The predicted molar refractivity (Wildman–Crippen MR) is 462 cm³/mol. The molecule has 1 radical (unpaired) electrons. The third-order valence-electron chi connectivity index (χ3n) is 18.9. The summed E-state index contributed by atoms with van der Waals surface area (Å²) in [6.45, 7) is 8.25. The van der Waals surface area contributed by atoms with Crippen LogP contribution in [0.2, 0.25) is 0 Å². The molecule has 17 nitrogen and oxygen atoms in total. The van der Waals surface area contributed by atoms with Crippen LogP contribution in [0.15, 0.2) is 348 Å². The van der Waals surface area contributed by atoms with Crippen LogP contribution < -0.4 is 0 Å². The van der Waals surface area contributed by atoms with Gasteiger partial charge in [0.05, 0.1) is 113 Å². The van der Waals surface area contributed by atoms with Gasteiger partial charge in [-0.1, -0.05) is 91.0 Å². The van der Waals surface area contributed by atoms with Crippen LogP contribution in [0.25, 0.3) is 145 Å². The van der Waals surface area contributed by atoms with Crippen molar-refractivity contribution in [3.63, 3.8) is 0 Å². The largest absolute Gasteiger partial charge is 1.00 e. The van der Waals surface area contributed by atoms with Crippen LogP contribution in [0.5, 0.6) is 0 Å². The summed E-state index contributed by atoms with van der Waals surface area (Å²) in [6.07, 6.45) is 26.8. The fourth-order valence-corrected chi connectivity index (χ4v) is 13.2. The molecule has 0 aliphatic heterocycles. The van der Waals surface area contributed by atoms with E-state index in [1.165, 1.54) is 22.3 Å². The monoisotopic (exact) mass is 1800 g/mol. The average molecular weight is 1800 g/mol. The van der Waals surface area contributed by atoms with Gasteiger partial charge >= 0.3 is 19.5 Å². The molecular formula is C98H76N17Ru3. The Bertz CT molecular complexity index is 6530. The third kappa shape index (κ3) is 20.8. The maximum atomic E-state index is 5.07. The van der Waals surface area contributed by atoms with Crippen LogP contribution in [-0.2, 0) is 71.3 Å². The Balaban J connectivity index is 0.000000147. The summed E-state index contributed by atoms with van der Waals surface area (Å²) in [7, 11) is 0. The summed E-state index contributed by atoms with van der Waals surface area (Å²) in [5, 5.41) is 6.42. The van der Waals surface area contributed by atoms with Crippen LogP contribution >= 0.6 is 0 Å². The van der Waals surface area contributed by atoms with Gasteiger partial charge in [0.15, 0.2) is 0 Å². The van der Waals surface area contributed by atoms with Crippen LogP contribution in [0.1, 0.15) is 44.5 Å². The molecule has 0 bridgehead atoms. The second-order valence-electron chi connectivity index (χ2n) is 27.3. The number of pyridine rings is 17. The molecular weight excluding hydrogens is 1720 g/mol. The zero-order valence-corrected chi connectivity index (χ0v) is 70.2. The molecule has 20 rings (SSSR count). The molecule has 0 atom stereocenters. The van der Waals surface area contributed by atoms with E-state index in [1.807, 2.05) is 189 Å². The molecule has 0 spiro atoms. The van der Waals surface area contributed by atoms with Crippen molar-refractivity contribution < 1.29 is 58.4 Å². The van der Waals surface area contributed by atoms with E-state index in [9.17, 15) is 0 Å². The molecule has 0 N–H and O–H groups in total. The molecule has 20 heteroatoms. The normalized spacial score (nSPS) is 10.5. The Morgan fingerprint density at radius 1 is 0.186 bits per heavy atom. The van der Waals surface area contributed by atoms with Gasteiger partial charge in [-0.25, -0.2) is 19.9 Å². The van der Waals surface area contributed by atoms with E-state index < -0.39 is 0 Å². The average Bonchev–Trinajstić information content (AvgIpc) is 0.773. The van der Waals surface area contributed by atoms with Gasteiger partial charge in [-0.15, -0.1) is 0 Å². The van der Waals surface area contributed by atoms with Crippen molar-refractivity contribution in [2.45, 2.75) is 40.5 Å². The molecule has 0 aliphatic rings. The van der Waals surface area contributed by atoms with Crippen molar-refractivity contribution in [1.82, 2.24) is 84.7 Å². The summed E-state index contributed by atoms with van der Waals surface area (Å²) in [5.41, 5.74) is 26.7. The zero-order chi connectivity index (χ0) is 77.4. The minimum absolute atomic E-state index is 0. The van der Waals surface area contributed by atoms with Crippen molar-refractivity contribution in [3.05, 3.63) is 400 Å². The first-order chi connectivity index (χ1) is 56.1. The first-order valence-electron chi connectivity index (χ1n) is 37.3.